The lowest BCUT2D eigenvalue weighted by Gasteiger charge is -2.13. The summed E-state index contributed by atoms with van der Waals surface area (Å²) < 4.78 is 12.6. The third-order valence-electron chi connectivity index (χ3n) is 4.66. The number of ether oxygens (including phenoxy) is 2. The SMILES string of the molecule is CCOC(Cc1ccc(OCCc2nc3ccccc3c(=O)n2C)cc1)C(=O)O. The summed E-state index contributed by atoms with van der Waals surface area (Å²) in [7, 11) is 1.71. The van der Waals surface area contributed by atoms with Gasteiger partial charge in [-0.25, -0.2) is 9.78 Å². The van der Waals surface area contributed by atoms with Gasteiger partial charge in [0.05, 0.1) is 17.5 Å². The molecule has 1 heterocycles. The Balaban J connectivity index is 1.61. The third-order valence-corrected chi connectivity index (χ3v) is 4.66. The first kappa shape index (κ1) is 20.5. The molecule has 0 bridgehead atoms. The van der Waals surface area contributed by atoms with E-state index >= 15 is 0 Å². The van der Waals surface area contributed by atoms with Gasteiger partial charge < -0.3 is 14.6 Å². The number of benzene rings is 2. The monoisotopic (exact) mass is 396 g/mol. The van der Waals surface area contributed by atoms with E-state index in [2.05, 4.69) is 4.98 Å². The van der Waals surface area contributed by atoms with E-state index in [1.807, 2.05) is 30.3 Å². The van der Waals surface area contributed by atoms with Crippen molar-refractivity contribution in [2.75, 3.05) is 13.2 Å². The molecule has 0 spiro atoms. The lowest BCUT2D eigenvalue weighted by molar-refractivity contribution is -0.149. The van der Waals surface area contributed by atoms with E-state index in [1.165, 1.54) is 0 Å². The molecule has 0 saturated heterocycles. The molecule has 0 amide bonds. The van der Waals surface area contributed by atoms with E-state index in [0.717, 1.165) is 5.56 Å². The van der Waals surface area contributed by atoms with Gasteiger partial charge in [-0.15, -0.1) is 0 Å². The summed E-state index contributed by atoms with van der Waals surface area (Å²) in [6, 6.07) is 14.5. The molecule has 2 aromatic carbocycles. The number of aliphatic carboxylic acids is 1. The Bertz CT molecular complexity index is 1040. The van der Waals surface area contributed by atoms with Crippen molar-refractivity contribution in [1.29, 1.82) is 0 Å². The summed E-state index contributed by atoms with van der Waals surface area (Å²) in [4.78, 5) is 28.2. The quantitative estimate of drug-likeness (QED) is 0.598. The molecule has 7 nitrogen and oxygen atoms in total. The Hall–Kier alpha value is -3.19. The van der Waals surface area contributed by atoms with Crippen LogP contribution in [0.3, 0.4) is 0 Å². The fourth-order valence-corrected chi connectivity index (χ4v) is 3.10. The summed E-state index contributed by atoms with van der Waals surface area (Å²) in [6.07, 6.45) is -0.0666. The van der Waals surface area contributed by atoms with Crippen molar-refractivity contribution < 1.29 is 19.4 Å². The smallest absolute Gasteiger partial charge is 0.333 e. The van der Waals surface area contributed by atoms with Crippen molar-refractivity contribution in [1.82, 2.24) is 9.55 Å². The Morgan fingerprint density at radius 3 is 2.59 bits per heavy atom. The van der Waals surface area contributed by atoms with Gasteiger partial charge in [0.1, 0.15) is 11.6 Å². The zero-order chi connectivity index (χ0) is 20.8. The topological polar surface area (TPSA) is 90.7 Å². The van der Waals surface area contributed by atoms with Gasteiger partial charge in [0.15, 0.2) is 6.10 Å². The molecular formula is C22H24N2O5. The van der Waals surface area contributed by atoms with Crippen LogP contribution in [0.1, 0.15) is 18.3 Å². The maximum atomic E-state index is 12.4. The fourth-order valence-electron chi connectivity index (χ4n) is 3.10. The highest BCUT2D eigenvalue weighted by Gasteiger charge is 2.17. The van der Waals surface area contributed by atoms with Gasteiger partial charge in [-0.2, -0.15) is 0 Å². The zero-order valence-corrected chi connectivity index (χ0v) is 16.5. The number of carbonyl (C=O) groups is 1. The lowest BCUT2D eigenvalue weighted by Crippen LogP contribution is -2.26. The average Bonchev–Trinajstić information content (AvgIpc) is 2.72. The molecule has 1 aromatic heterocycles. The van der Waals surface area contributed by atoms with E-state index in [1.54, 1.807) is 36.7 Å². The molecular weight excluding hydrogens is 372 g/mol. The van der Waals surface area contributed by atoms with Gasteiger partial charge >= 0.3 is 5.97 Å². The van der Waals surface area contributed by atoms with Gasteiger partial charge in [-0.1, -0.05) is 24.3 Å². The van der Waals surface area contributed by atoms with Crippen molar-refractivity contribution in [3.63, 3.8) is 0 Å². The van der Waals surface area contributed by atoms with Crippen LogP contribution in [-0.4, -0.2) is 39.9 Å². The molecule has 29 heavy (non-hydrogen) atoms. The summed E-state index contributed by atoms with van der Waals surface area (Å²) >= 11 is 0. The summed E-state index contributed by atoms with van der Waals surface area (Å²) in [5, 5.41) is 9.77. The summed E-state index contributed by atoms with van der Waals surface area (Å²) in [5.74, 6) is 0.356. The molecule has 0 aliphatic heterocycles. The highest BCUT2D eigenvalue weighted by Crippen LogP contribution is 2.15. The van der Waals surface area contributed by atoms with Crippen LogP contribution in [0, 0.1) is 0 Å². The number of carboxylic acids is 1. The van der Waals surface area contributed by atoms with Gasteiger partial charge in [0, 0.05) is 26.5 Å². The molecule has 1 unspecified atom stereocenters. The molecule has 0 saturated carbocycles. The average molecular weight is 396 g/mol. The summed E-state index contributed by atoms with van der Waals surface area (Å²) in [6.45, 7) is 2.49. The molecule has 7 heteroatoms. The first-order valence-corrected chi connectivity index (χ1v) is 9.50. The predicted octanol–water partition coefficient (Wildman–Crippen LogP) is 2.59. The largest absolute Gasteiger partial charge is 0.493 e. The number of fused-ring (bicyclic) bond motifs is 1. The lowest BCUT2D eigenvalue weighted by atomic mass is 10.1. The Morgan fingerprint density at radius 2 is 1.90 bits per heavy atom. The Labute approximate surface area is 168 Å². The van der Waals surface area contributed by atoms with Crippen LogP contribution in [0.4, 0.5) is 0 Å². The minimum atomic E-state index is -0.972. The van der Waals surface area contributed by atoms with Crippen molar-refractivity contribution >= 4 is 16.9 Å². The molecule has 0 aliphatic rings. The van der Waals surface area contributed by atoms with Crippen molar-refractivity contribution in [2.24, 2.45) is 7.05 Å². The molecule has 3 rings (SSSR count). The molecule has 3 aromatic rings. The molecule has 0 fully saturated rings. The first-order chi connectivity index (χ1) is 14.0. The van der Waals surface area contributed by atoms with E-state index < -0.39 is 12.1 Å². The standard InChI is InChI=1S/C22H24N2O5/c1-3-28-19(22(26)27)14-15-8-10-16(11-9-15)29-13-12-20-23-18-7-5-4-6-17(18)21(25)24(20)2/h4-11,19H,3,12-14H2,1-2H3,(H,26,27). The minimum Gasteiger partial charge on any atom is -0.493 e. The van der Waals surface area contributed by atoms with E-state index in [0.29, 0.717) is 48.5 Å². The second-order valence-electron chi connectivity index (χ2n) is 6.64. The second kappa shape index (κ2) is 9.34. The third kappa shape index (κ3) is 5.00. The van der Waals surface area contributed by atoms with Crippen molar-refractivity contribution in [2.45, 2.75) is 25.9 Å². The molecule has 1 N–H and O–H groups in total. The van der Waals surface area contributed by atoms with E-state index in [9.17, 15) is 14.7 Å². The van der Waals surface area contributed by atoms with Crippen LogP contribution >= 0.6 is 0 Å². The van der Waals surface area contributed by atoms with Crippen LogP contribution in [-0.2, 0) is 29.4 Å². The van der Waals surface area contributed by atoms with Gasteiger partial charge in [0.2, 0.25) is 0 Å². The normalized spacial score (nSPS) is 12.1. The molecule has 152 valence electrons. The van der Waals surface area contributed by atoms with Crippen LogP contribution < -0.4 is 10.3 Å². The van der Waals surface area contributed by atoms with Gasteiger partial charge in [-0.05, 0) is 36.8 Å². The van der Waals surface area contributed by atoms with Crippen LogP contribution in [0.2, 0.25) is 0 Å². The summed E-state index contributed by atoms with van der Waals surface area (Å²) in [5.41, 5.74) is 1.46. The molecule has 1 atom stereocenters. The molecule has 0 aliphatic carbocycles. The Kier molecular flexibility index (Phi) is 6.61. The maximum Gasteiger partial charge on any atom is 0.333 e. The number of rotatable bonds is 9. The zero-order valence-electron chi connectivity index (χ0n) is 16.5. The molecule has 0 radical (unpaired) electrons. The van der Waals surface area contributed by atoms with Crippen molar-refractivity contribution in [3.8, 4) is 5.75 Å². The van der Waals surface area contributed by atoms with E-state index in [-0.39, 0.29) is 5.56 Å². The predicted molar refractivity (Wildman–Crippen MR) is 109 cm³/mol. The highest BCUT2D eigenvalue weighted by molar-refractivity contribution is 5.77. The van der Waals surface area contributed by atoms with Crippen LogP contribution in [0.5, 0.6) is 5.75 Å². The number of hydrogen-bond donors (Lipinski definition) is 1. The highest BCUT2D eigenvalue weighted by atomic mass is 16.5. The van der Waals surface area contributed by atoms with Crippen LogP contribution in [0.15, 0.2) is 53.3 Å². The van der Waals surface area contributed by atoms with Crippen LogP contribution in [0.25, 0.3) is 10.9 Å². The van der Waals surface area contributed by atoms with Crippen molar-refractivity contribution in [3.05, 3.63) is 70.3 Å². The number of hydrogen-bond acceptors (Lipinski definition) is 5. The fraction of sp³-hybridized carbons (Fsp3) is 0.318. The van der Waals surface area contributed by atoms with Gasteiger partial charge in [-0.3, -0.25) is 9.36 Å². The second-order valence-corrected chi connectivity index (χ2v) is 6.64. The number of para-hydroxylation sites is 1. The van der Waals surface area contributed by atoms with E-state index in [4.69, 9.17) is 9.47 Å². The Morgan fingerprint density at radius 1 is 1.17 bits per heavy atom. The maximum absolute atomic E-state index is 12.4. The van der Waals surface area contributed by atoms with Gasteiger partial charge in [0.25, 0.3) is 5.56 Å². The number of nitrogens with zero attached hydrogens (tertiary/aromatic N) is 2. The number of carboxylic acid groups (broad SMARTS) is 1. The number of aromatic nitrogens is 2. The minimum absolute atomic E-state index is 0.0720. The first-order valence-electron chi connectivity index (χ1n) is 9.50.